The van der Waals surface area contributed by atoms with Crippen LogP contribution < -0.4 is 0 Å². The number of alkyl halides is 1. The Morgan fingerprint density at radius 1 is 1.21 bits per heavy atom. The Labute approximate surface area is 127 Å². The Kier molecular flexibility index (Phi) is 2.34. The van der Waals surface area contributed by atoms with Crippen LogP contribution in [0, 0.1) is 5.41 Å². The van der Waals surface area contributed by atoms with Gasteiger partial charge in [0.2, 0.25) is 0 Å². The molecule has 1 aromatic carbocycles. The lowest BCUT2D eigenvalue weighted by molar-refractivity contribution is 0.239. The van der Waals surface area contributed by atoms with E-state index in [0.29, 0.717) is 11.3 Å². The molecule has 2 nitrogen and oxygen atoms in total. The van der Waals surface area contributed by atoms with E-state index in [9.17, 15) is 0 Å². The van der Waals surface area contributed by atoms with Crippen molar-refractivity contribution in [2.24, 2.45) is 5.41 Å². The molecule has 1 fully saturated rings. The Morgan fingerprint density at radius 2 is 1.89 bits per heavy atom. The van der Waals surface area contributed by atoms with E-state index in [1.165, 1.54) is 28.7 Å². The molecule has 98 valence electrons. The molecule has 4 rings (SSSR count). The topological polar surface area (TPSA) is 25.8 Å². The van der Waals surface area contributed by atoms with Gasteiger partial charge in [-0.25, -0.2) is 9.97 Å². The Morgan fingerprint density at radius 3 is 2.58 bits per heavy atom. The summed E-state index contributed by atoms with van der Waals surface area (Å²) in [5, 5.41) is 0. The number of hydrogen-bond acceptors (Lipinski definition) is 2. The number of aromatic nitrogens is 2. The van der Waals surface area contributed by atoms with Crippen LogP contribution in [0.25, 0.3) is 11.0 Å². The van der Waals surface area contributed by atoms with E-state index in [-0.39, 0.29) is 5.41 Å². The predicted octanol–water partition coefficient (Wildman–Crippen LogP) is 4.22. The molecule has 3 heteroatoms. The van der Waals surface area contributed by atoms with Crippen LogP contribution in [0.15, 0.2) is 24.3 Å². The average Bonchev–Trinajstić information content (AvgIpc) is 2.80. The molecule has 0 N–H and O–H groups in total. The van der Waals surface area contributed by atoms with Crippen molar-refractivity contribution in [3.05, 3.63) is 35.7 Å². The number of rotatable bonds is 1. The molecule has 0 saturated heterocycles. The number of benzene rings is 1. The third kappa shape index (κ3) is 1.28. The predicted molar refractivity (Wildman–Crippen MR) is 85.9 cm³/mol. The molecule has 0 radical (unpaired) electrons. The van der Waals surface area contributed by atoms with Crippen LogP contribution in [0.4, 0.5) is 0 Å². The fourth-order valence-corrected chi connectivity index (χ4v) is 5.53. The van der Waals surface area contributed by atoms with Crippen molar-refractivity contribution < 1.29 is 0 Å². The molecule has 0 unspecified atom stereocenters. The van der Waals surface area contributed by atoms with Crippen molar-refractivity contribution in [1.82, 2.24) is 9.97 Å². The van der Waals surface area contributed by atoms with Gasteiger partial charge in [-0.15, -0.1) is 0 Å². The summed E-state index contributed by atoms with van der Waals surface area (Å²) in [6, 6.07) is 8.27. The molecule has 0 spiro atoms. The summed E-state index contributed by atoms with van der Waals surface area (Å²) in [6.07, 6.45) is 2.53. The maximum absolute atomic E-state index is 4.99. The largest absolute Gasteiger partial charge is 0.249 e. The van der Waals surface area contributed by atoms with Crippen LogP contribution in [0.2, 0.25) is 0 Å². The minimum atomic E-state index is 0.214. The molecule has 0 amide bonds. The molecule has 2 aliphatic carbocycles. The lowest BCUT2D eigenvalue weighted by atomic mass is 9.70. The van der Waals surface area contributed by atoms with Crippen molar-refractivity contribution in [3.8, 4) is 0 Å². The van der Waals surface area contributed by atoms with Crippen molar-refractivity contribution in [2.45, 2.75) is 38.0 Å². The van der Waals surface area contributed by atoms with Gasteiger partial charge in [-0.3, -0.25) is 0 Å². The molecule has 2 aromatic rings. The molecule has 1 aromatic heterocycles. The van der Waals surface area contributed by atoms with Gasteiger partial charge in [0.25, 0.3) is 0 Å². The number of para-hydroxylation sites is 2. The summed E-state index contributed by atoms with van der Waals surface area (Å²) in [4.78, 5) is 9.95. The van der Waals surface area contributed by atoms with Gasteiger partial charge < -0.3 is 0 Å². The Bertz CT molecular complexity index is 684. The fourth-order valence-electron chi connectivity index (χ4n) is 4.15. The van der Waals surface area contributed by atoms with E-state index in [1.54, 1.807) is 0 Å². The second-order valence-corrected chi connectivity index (χ2v) is 7.18. The van der Waals surface area contributed by atoms with E-state index < -0.39 is 0 Å². The number of fused-ring (bicyclic) bond motifs is 6. The van der Waals surface area contributed by atoms with E-state index >= 15 is 0 Å². The smallest absolute Gasteiger partial charge is 0.0890 e. The van der Waals surface area contributed by atoms with Gasteiger partial charge >= 0.3 is 0 Å². The van der Waals surface area contributed by atoms with Crippen molar-refractivity contribution in [3.63, 3.8) is 0 Å². The Hall–Kier alpha value is -0.710. The highest BCUT2D eigenvalue weighted by Gasteiger charge is 2.63. The van der Waals surface area contributed by atoms with E-state index in [2.05, 4.69) is 60.7 Å². The van der Waals surface area contributed by atoms with Gasteiger partial charge in [-0.05, 0) is 30.4 Å². The maximum atomic E-state index is 4.99. The van der Waals surface area contributed by atoms with Crippen LogP contribution in [0.5, 0.6) is 0 Å². The Balaban J connectivity index is 2.05. The molecular weight excluding hydrogens is 347 g/mol. The van der Waals surface area contributed by atoms with Gasteiger partial charge in [0.1, 0.15) is 0 Å². The standard InChI is InChI=1S/C16H17IN2/c1-15-8-7-10(16(15,2)9-17)13-14(15)19-12-6-4-3-5-11(12)18-13/h3-6,10H,7-9H2,1-2H3/t10-,15-,16+/m0/s1. The van der Waals surface area contributed by atoms with Crippen LogP contribution in [-0.2, 0) is 5.41 Å². The zero-order chi connectivity index (χ0) is 13.3. The maximum Gasteiger partial charge on any atom is 0.0890 e. The molecule has 1 saturated carbocycles. The van der Waals surface area contributed by atoms with Crippen LogP contribution in [0.3, 0.4) is 0 Å². The molecule has 19 heavy (non-hydrogen) atoms. The first-order chi connectivity index (χ1) is 9.10. The lowest BCUT2D eigenvalue weighted by Gasteiger charge is -2.36. The summed E-state index contributed by atoms with van der Waals surface area (Å²) in [6.45, 7) is 4.84. The zero-order valence-electron chi connectivity index (χ0n) is 11.3. The van der Waals surface area contributed by atoms with Gasteiger partial charge in [0, 0.05) is 15.8 Å². The summed E-state index contributed by atoms with van der Waals surface area (Å²) in [7, 11) is 0. The average molecular weight is 364 g/mol. The van der Waals surface area contributed by atoms with Gasteiger partial charge in [0.05, 0.1) is 22.4 Å². The quantitative estimate of drug-likeness (QED) is 0.559. The monoisotopic (exact) mass is 364 g/mol. The summed E-state index contributed by atoms with van der Waals surface area (Å²) in [5.74, 6) is 0.599. The first kappa shape index (κ1) is 12.1. The van der Waals surface area contributed by atoms with Gasteiger partial charge in [-0.2, -0.15) is 0 Å². The fraction of sp³-hybridized carbons (Fsp3) is 0.500. The van der Waals surface area contributed by atoms with Crippen LogP contribution in [-0.4, -0.2) is 14.4 Å². The van der Waals surface area contributed by atoms with Crippen LogP contribution >= 0.6 is 22.6 Å². The van der Waals surface area contributed by atoms with E-state index in [4.69, 9.17) is 9.97 Å². The SMILES string of the molecule is C[C@]12CC[C@@H](c3nc4ccccc4nc31)[C@@]2(C)CI. The number of hydrogen-bond donors (Lipinski definition) is 0. The second-order valence-electron chi connectivity index (χ2n) is 6.42. The molecule has 3 atom stereocenters. The highest BCUT2D eigenvalue weighted by molar-refractivity contribution is 14.1. The molecule has 0 aliphatic heterocycles. The molecule has 1 heterocycles. The van der Waals surface area contributed by atoms with Gasteiger partial charge in [-0.1, -0.05) is 48.6 Å². The molecular formula is C16H17IN2. The van der Waals surface area contributed by atoms with Crippen molar-refractivity contribution in [1.29, 1.82) is 0 Å². The third-order valence-electron chi connectivity index (χ3n) is 5.69. The van der Waals surface area contributed by atoms with E-state index in [0.717, 1.165) is 11.0 Å². The highest BCUT2D eigenvalue weighted by atomic mass is 127. The first-order valence-electron chi connectivity index (χ1n) is 6.93. The lowest BCUT2D eigenvalue weighted by Crippen LogP contribution is -2.36. The summed E-state index contributed by atoms with van der Waals surface area (Å²) >= 11 is 2.55. The summed E-state index contributed by atoms with van der Waals surface area (Å²) < 4.78 is 1.18. The molecule has 2 aliphatic rings. The highest BCUT2D eigenvalue weighted by Crippen LogP contribution is 2.67. The second kappa shape index (κ2) is 3.68. The number of nitrogens with zero attached hydrogens (tertiary/aromatic N) is 2. The zero-order valence-corrected chi connectivity index (χ0v) is 13.4. The minimum absolute atomic E-state index is 0.214. The van der Waals surface area contributed by atoms with Crippen molar-refractivity contribution in [2.75, 3.05) is 4.43 Å². The number of halogens is 1. The minimum Gasteiger partial charge on any atom is -0.249 e. The normalized spacial score (nSPS) is 35.8. The summed E-state index contributed by atoms with van der Waals surface area (Å²) in [5.41, 5.74) is 5.20. The van der Waals surface area contributed by atoms with E-state index in [1.807, 2.05) is 0 Å². The van der Waals surface area contributed by atoms with Crippen molar-refractivity contribution >= 4 is 33.6 Å². The van der Waals surface area contributed by atoms with Gasteiger partial charge in [0.15, 0.2) is 0 Å². The third-order valence-corrected chi connectivity index (χ3v) is 7.28. The molecule has 2 bridgehead atoms. The first-order valence-corrected chi connectivity index (χ1v) is 8.46. The van der Waals surface area contributed by atoms with Crippen LogP contribution in [0.1, 0.15) is 44.0 Å².